The molecule has 23 heavy (non-hydrogen) atoms. The molecule has 0 aliphatic heterocycles. The molecule has 2 nitrogen and oxygen atoms in total. The van der Waals surface area contributed by atoms with Crippen LogP contribution in [-0.4, -0.2) is 12.1 Å². The average molecular weight is 317 g/mol. The van der Waals surface area contributed by atoms with Gasteiger partial charge in [-0.25, -0.2) is 4.98 Å². The van der Waals surface area contributed by atoms with Crippen LogP contribution < -0.4 is 4.74 Å². The van der Waals surface area contributed by atoms with Gasteiger partial charge in [0.2, 0.25) is 0 Å². The van der Waals surface area contributed by atoms with Gasteiger partial charge < -0.3 is 4.74 Å². The predicted octanol–water partition coefficient (Wildman–Crippen LogP) is 5.63. The molecule has 0 fully saturated rings. The molecule has 3 heteroatoms. The highest BCUT2D eigenvalue weighted by atomic mass is 32.1. The van der Waals surface area contributed by atoms with Crippen LogP contribution in [0.3, 0.4) is 0 Å². The van der Waals surface area contributed by atoms with Crippen LogP contribution in [0.5, 0.6) is 5.75 Å². The molecule has 0 saturated heterocycles. The quantitative estimate of drug-likeness (QED) is 0.488. The largest absolute Gasteiger partial charge is 0.497 e. The third-order valence-corrected chi connectivity index (χ3v) is 4.82. The fourth-order valence-electron chi connectivity index (χ4n) is 2.63. The fraction of sp³-hybridized carbons (Fsp3) is 0.0500. The van der Waals surface area contributed by atoms with E-state index in [4.69, 9.17) is 9.72 Å². The fourth-order valence-corrected chi connectivity index (χ4v) is 3.52. The summed E-state index contributed by atoms with van der Waals surface area (Å²) in [6, 6.07) is 20.7. The predicted molar refractivity (Wildman–Crippen MR) is 99.0 cm³/mol. The van der Waals surface area contributed by atoms with Gasteiger partial charge in [-0.15, -0.1) is 11.3 Å². The number of aromatic nitrogens is 1. The lowest BCUT2D eigenvalue weighted by Gasteiger charge is -1.98. The molecule has 1 heterocycles. The molecule has 4 rings (SSSR count). The minimum atomic E-state index is 0.869. The zero-order valence-corrected chi connectivity index (χ0v) is 13.5. The maximum atomic E-state index is 5.18. The Kier molecular flexibility index (Phi) is 3.56. The molecule has 112 valence electrons. The van der Waals surface area contributed by atoms with Crippen LogP contribution in [0, 0.1) is 0 Å². The van der Waals surface area contributed by atoms with Crippen LogP contribution in [0.15, 0.2) is 60.7 Å². The number of nitrogens with zero attached hydrogens (tertiary/aromatic N) is 1. The maximum Gasteiger partial charge on any atom is 0.118 e. The Labute approximate surface area is 138 Å². The molecule has 0 radical (unpaired) electrons. The Morgan fingerprint density at radius 2 is 1.74 bits per heavy atom. The second kappa shape index (κ2) is 5.86. The van der Waals surface area contributed by atoms with Crippen molar-refractivity contribution >= 4 is 44.5 Å². The van der Waals surface area contributed by atoms with Crippen LogP contribution in [0.4, 0.5) is 0 Å². The smallest absolute Gasteiger partial charge is 0.118 e. The molecule has 0 amide bonds. The number of rotatable bonds is 3. The second-order valence-corrected chi connectivity index (χ2v) is 6.35. The standard InChI is InChI=1S/C20H15NOS/c1-22-16-10-6-14(7-11-16)8-13-19-21-20-17-5-3-2-4-15(17)9-12-18(20)23-19/h2-13H,1H3/b13-8+. The zero-order valence-electron chi connectivity index (χ0n) is 12.7. The summed E-state index contributed by atoms with van der Waals surface area (Å²) in [5, 5.41) is 3.47. The summed E-state index contributed by atoms with van der Waals surface area (Å²) in [5.74, 6) is 0.869. The highest BCUT2D eigenvalue weighted by Crippen LogP contribution is 2.30. The summed E-state index contributed by atoms with van der Waals surface area (Å²) >= 11 is 1.72. The monoisotopic (exact) mass is 317 g/mol. The Balaban J connectivity index is 1.71. The van der Waals surface area contributed by atoms with E-state index in [2.05, 4.69) is 48.6 Å². The number of benzene rings is 3. The van der Waals surface area contributed by atoms with E-state index in [1.807, 2.05) is 24.3 Å². The molecule has 3 aromatic carbocycles. The molecule has 4 aromatic rings. The molecule has 0 atom stereocenters. The second-order valence-electron chi connectivity index (χ2n) is 5.29. The Morgan fingerprint density at radius 1 is 0.913 bits per heavy atom. The van der Waals surface area contributed by atoms with Crippen molar-refractivity contribution in [2.45, 2.75) is 0 Å². The molecular weight excluding hydrogens is 302 g/mol. The number of methoxy groups -OCH3 is 1. The van der Waals surface area contributed by atoms with Crippen LogP contribution in [0.2, 0.25) is 0 Å². The van der Waals surface area contributed by atoms with Crippen molar-refractivity contribution in [1.29, 1.82) is 0 Å². The van der Waals surface area contributed by atoms with Crippen molar-refractivity contribution in [3.63, 3.8) is 0 Å². The first-order chi connectivity index (χ1) is 11.3. The van der Waals surface area contributed by atoms with Gasteiger partial charge in [0, 0.05) is 5.39 Å². The molecule has 0 N–H and O–H groups in total. The van der Waals surface area contributed by atoms with Crippen LogP contribution in [-0.2, 0) is 0 Å². The molecule has 0 aliphatic rings. The molecule has 0 unspecified atom stereocenters. The lowest BCUT2D eigenvalue weighted by Crippen LogP contribution is -1.81. The SMILES string of the molecule is COc1ccc(/C=C/c2nc3c(ccc4ccccc43)s2)cc1. The van der Waals surface area contributed by atoms with E-state index in [1.165, 1.54) is 15.5 Å². The Hall–Kier alpha value is -2.65. The van der Waals surface area contributed by atoms with Crippen LogP contribution in [0.25, 0.3) is 33.1 Å². The van der Waals surface area contributed by atoms with Crippen molar-refractivity contribution in [1.82, 2.24) is 4.98 Å². The highest BCUT2D eigenvalue weighted by molar-refractivity contribution is 7.19. The number of ether oxygens (including phenoxy) is 1. The topological polar surface area (TPSA) is 22.1 Å². The molecule has 0 spiro atoms. The van der Waals surface area contributed by atoms with E-state index in [9.17, 15) is 0 Å². The van der Waals surface area contributed by atoms with E-state index >= 15 is 0 Å². The molecular formula is C20H15NOS. The Bertz CT molecular complexity index is 999. The van der Waals surface area contributed by atoms with Gasteiger partial charge in [0.1, 0.15) is 10.8 Å². The van der Waals surface area contributed by atoms with Gasteiger partial charge in [0.25, 0.3) is 0 Å². The van der Waals surface area contributed by atoms with Gasteiger partial charge in [0.15, 0.2) is 0 Å². The first kappa shape index (κ1) is 14.0. The Morgan fingerprint density at radius 3 is 2.57 bits per heavy atom. The third kappa shape index (κ3) is 2.71. The molecule has 0 saturated carbocycles. The van der Waals surface area contributed by atoms with E-state index in [0.717, 1.165) is 21.8 Å². The summed E-state index contributed by atoms with van der Waals surface area (Å²) in [7, 11) is 1.68. The zero-order chi connectivity index (χ0) is 15.6. The molecule has 1 aromatic heterocycles. The van der Waals surface area contributed by atoms with Crippen LogP contribution >= 0.6 is 11.3 Å². The minimum Gasteiger partial charge on any atom is -0.497 e. The number of hydrogen-bond acceptors (Lipinski definition) is 3. The summed E-state index contributed by atoms with van der Waals surface area (Å²) in [6.07, 6.45) is 4.15. The van der Waals surface area contributed by atoms with Crippen molar-refractivity contribution in [3.05, 3.63) is 71.2 Å². The van der Waals surface area contributed by atoms with E-state index in [0.29, 0.717) is 0 Å². The van der Waals surface area contributed by atoms with Crippen molar-refractivity contribution in [2.75, 3.05) is 7.11 Å². The van der Waals surface area contributed by atoms with Gasteiger partial charge >= 0.3 is 0 Å². The van der Waals surface area contributed by atoms with Gasteiger partial charge in [-0.2, -0.15) is 0 Å². The third-order valence-electron chi connectivity index (χ3n) is 3.83. The summed E-state index contributed by atoms with van der Waals surface area (Å²) in [4.78, 5) is 4.80. The normalized spacial score (nSPS) is 11.5. The number of thiazole rings is 1. The van der Waals surface area contributed by atoms with Crippen molar-refractivity contribution < 1.29 is 4.74 Å². The maximum absolute atomic E-state index is 5.18. The molecule has 0 bridgehead atoms. The molecule has 0 aliphatic carbocycles. The highest BCUT2D eigenvalue weighted by Gasteiger charge is 2.05. The summed E-state index contributed by atoms with van der Waals surface area (Å²) in [5.41, 5.74) is 2.22. The van der Waals surface area contributed by atoms with Crippen molar-refractivity contribution in [2.24, 2.45) is 0 Å². The first-order valence-corrected chi connectivity index (χ1v) is 8.25. The van der Waals surface area contributed by atoms with E-state index in [-0.39, 0.29) is 0 Å². The van der Waals surface area contributed by atoms with Crippen LogP contribution in [0.1, 0.15) is 10.6 Å². The van der Waals surface area contributed by atoms with Gasteiger partial charge in [-0.1, -0.05) is 48.5 Å². The van der Waals surface area contributed by atoms with E-state index in [1.54, 1.807) is 18.4 Å². The average Bonchev–Trinajstić information content (AvgIpc) is 3.04. The lowest BCUT2D eigenvalue weighted by atomic mass is 10.1. The van der Waals surface area contributed by atoms with E-state index < -0.39 is 0 Å². The summed E-state index contributed by atoms with van der Waals surface area (Å²) in [6.45, 7) is 0. The minimum absolute atomic E-state index is 0.869. The number of hydrogen-bond donors (Lipinski definition) is 0. The lowest BCUT2D eigenvalue weighted by molar-refractivity contribution is 0.415. The van der Waals surface area contributed by atoms with Crippen molar-refractivity contribution in [3.8, 4) is 5.75 Å². The number of fused-ring (bicyclic) bond motifs is 3. The summed E-state index contributed by atoms with van der Waals surface area (Å²) < 4.78 is 6.40. The van der Waals surface area contributed by atoms with Gasteiger partial charge in [-0.05, 0) is 35.2 Å². The first-order valence-electron chi connectivity index (χ1n) is 7.44. The van der Waals surface area contributed by atoms with Gasteiger partial charge in [-0.3, -0.25) is 0 Å². The van der Waals surface area contributed by atoms with Gasteiger partial charge in [0.05, 0.1) is 17.3 Å².